The summed E-state index contributed by atoms with van der Waals surface area (Å²) in [7, 11) is 0. The van der Waals surface area contributed by atoms with Gasteiger partial charge in [0.1, 0.15) is 0 Å². The van der Waals surface area contributed by atoms with Crippen LogP contribution in [0.5, 0.6) is 0 Å². The highest BCUT2D eigenvalue weighted by Crippen LogP contribution is 2.38. The third-order valence-corrected chi connectivity index (χ3v) is 14.7. The summed E-state index contributed by atoms with van der Waals surface area (Å²) in [6.07, 6.45) is 13.1. The lowest BCUT2D eigenvalue weighted by Gasteiger charge is -2.15. The van der Waals surface area contributed by atoms with E-state index in [2.05, 4.69) is 278 Å². The molecule has 74 heavy (non-hydrogen) atoms. The van der Waals surface area contributed by atoms with Crippen LogP contribution in [0.25, 0.3) is 123 Å². The number of rotatable bonds is 10. The Morgan fingerprint density at radius 3 is 1.51 bits per heavy atom. The first kappa shape index (κ1) is 44.6. The number of fused-ring (bicyclic) bond motifs is 6. The summed E-state index contributed by atoms with van der Waals surface area (Å²) in [6.45, 7) is 4.15. The largest absolute Gasteiger partial charge is 0.313 e. The predicted molar refractivity (Wildman–Crippen MR) is 312 cm³/mol. The van der Waals surface area contributed by atoms with Crippen LogP contribution in [-0.2, 0) is 6.42 Å². The van der Waals surface area contributed by atoms with Gasteiger partial charge >= 0.3 is 0 Å². The first-order chi connectivity index (χ1) is 36.6. The summed E-state index contributed by atoms with van der Waals surface area (Å²) in [5, 5.41) is 3.80. The molecule has 4 heteroatoms. The summed E-state index contributed by atoms with van der Waals surface area (Å²) in [5.74, 6) is 0.673. The Labute approximate surface area is 432 Å². The van der Waals surface area contributed by atoms with Gasteiger partial charge in [0.15, 0.2) is 5.82 Å². The van der Waals surface area contributed by atoms with Crippen LogP contribution in [0.15, 0.2) is 249 Å². The van der Waals surface area contributed by atoms with E-state index >= 15 is 0 Å². The lowest BCUT2D eigenvalue weighted by Crippen LogP contribution is -2.03. The van der Waals surface area contributed by atoms with Crippen LogP contribution in [0.2, 0.25) is 0 Å². The molecule has 0 fully saturated rings. The third-order valence-electron chi connectivity index (χ3n) is 14.7. The number of nitrogens with zero attached hydrogens (tertiary/aromatic N) is 4. The van der Waals surface area contributed by atoms with Crippen molar-refractivity contribution in [3.63, 3.8) is 0 Å². The Hall–Kier alpha value is -9.38. The number of benzene rings is 9. The van der Waals surface area contributed by atoms with Gasteiger partial charge in [-0.2, -0.15) is 0 Å². The van der Waals surface area contributed by atoms with Gasteiger partial charge in [-0.05, 0) is 132 Å². The van der Waals surface area contributed by atoms with E-state index in [-0.39, 0.29) is 0 Å². The van der Waals surface area contributed by atoms with E-state index < -0.39 is 0 Å². The molecule has 0 bridgehead atoms. The third kappa shape index (κ3) is 8.07. The van der Waals surface area contributed by atoms with Crippen molar-refractivity contribution in [1.29, 1.82) is 0 Å². The normalized spacial score (nSPS) is 12.6. The van der Waals surface area contributed by atoms with E-state index in [1.165, 1.54) is 71.9 Å². The van der Waals surface area contributed by atoms with Gasteiger partial charge < -0.3 is 9.13 Å². The molecule has 9 aromatic carbocycles. The summed E-state index contributed by atoms with van der Waals surface area (Å²) < 4.78 is 4.83. The molecule has 352 valence electrons. The highest BCUT2D eigenvalue weighted by molar-refractivity contribution is 6.09. The molecular formula is C70H52N4. The average molecular weight is 949 g/mol. The molecule has 4 nitrogen and oxygen atoms in total. The molecule has 0 saturated carbocycles. The molecular weight excluding hydrogens is 897 g/mol. The lowest BCUT2D eigenvalue weighted by molar-refractivity contribution is 0.889. The molecule has 1 aliphatic carbocycles. The SMILES string of the molecule is C/C=C\C(=C/C)c1cccc(-c2ccc(-c3cc(-c4ccc(-c5cccc(-n6c7c(c8ccccc86)C=CCC7)c5)cc4)nc(-c4cccc(-c5cccc(-n6c7ccccc7c7ccccc76)c5)c4)n3)cc2)c1. The molecule has 0 amide bonds. The molecule has 0 N–H and O–H groups in total. The Bertz CT molecular complexity index is 4140. The fourth-order valence-electron chi connectivity index (χ4n) is 11.1. The predicted octanol–water partition coefficient (Wildman–Crippen LogP) is 18.5. The highest BCUT2D eigenvalue weighted by atomic mass is 15.0. The number of para-hydroxylation sites is 3. The zero-order chi connectivity index (χ0) is 49.5. The fraction of sp³-hybridized carbons (Fsp3) is 0.0571. The molecule has 0 saturated heterocycles. The smallest absolute Gasteiger partial charge is 0.160 e. The van der Waals surface area contributed by atoms with Crippen LogP contribution in [0.1, 0.15) is 37.1 Å². The number of allylic oxidation sites excluding steroid dienone is 5. The van der Waals surface area contributed by atoms with Crippen LogP contribution >= 0.6 is 0 Å². The van der Waals surface area contributed by atoms with Crippen LogP contribution in [-0.4, -0.2) is 19.1 Å². The van der Waals surface area contributed by atoms with Crippen LogP contribution in [0, 0.1) is 0 Å². The Morgan fingerprint density at radius 2 is 0.905 bits per heavy atom. The highest BCUT2D eigenvalue weighted by Gasteiger charge is 2.20. The summed E-state index contributed by atoms with van der Waals surface area (Å²) >= 11 is 0. The molecule has 0 unspecified atom stereocenters. The van der Waals surface area contributed by atoms with Crippen LogP contribution in [0.4, 0.5) is 0 Å². The monoisotopic (exact) mass is 948 g/mol. The van der Waals surface area contributed by atoms with Crippen molar-refractivity contribution >= 4 is 44.4 Å². The van der Waals surface area contributed by atoms with Crippen molar-refractivity contribution < 1.29 is 0 Å². The van der Waals surface area contributed by atoms with Crippen LogP contribution in [0.3, 0.4) is 0 Å². The van der Waals surface area contributed by atoms with E-state index in [9.17, 15) is 0 Å². The second-order valence-electron chi connectivity index (χ2n) is 19.1. The molecule has 3 aromatic heterocycles. The van der Waals surface area contributed by atoms with Crippen molar-refractivity contribution in [2.45, 2.75) is 26.7 Å². The van der Waals surface area contributed by atoms with Gasteiger partial charge in [0.25, 0.3) is 0 Å². The minimum Gasteiger partial charge on any atom is -0.313 e. The molecule has 0 radical (unpaired) electrons. The molecule has 3 heterocycles. The maximum absolute atomic E-state index is 5.36. The minimum absolute atomic E-state index is 0.673. The Balaban J connectivity index is 0.880. The quantitative estimate of drug-likeness (QED) is 0.128. The van der Waals surface area contributed by atoms with E-state index in [0.29, 0.717) is 5.82 Å². The second-order valence-corrected chi connectivity index (χ2v) is 19.1. The van der Waals surface area contributed by atoms with Gasteiger partial charge in [0.2, 0.25) is 0 Å². The van der Waals surface area contributed by atoms with Crippen molar-refractivity contribution in [2.24, 2.45) is 0 Å². The lowest BCUT2D eigenvalue weighted by atomic mass is 9.97. The maximum Gasteiger partial charge on any atom is 0.160 e. The first-order valence-electron chi connectivity index (χ1n) is 25.7. The average Bonchev–Trinajstić information content (AvgIpc) is 4.01. The summed E-state index contributed by atoms with van der Waals surface area (Å²) in [5.41, 5.74) is 22.6. The Morgan fingerprint density at radius 1 is 0.419 bits per heavy atom. The summed E-state index contributed by atoms with van der Waals surface area (Å²) in [6, 6.07) is 81.1. The zero-order valence-corrected chi connectivity index (χ0v) is 41.5. The molecule has 12 aromatic rings. The Kier molecular flexibility index (Phi) is 11.4. The molecule has 13 rings (SSSR count). The van der Waals surface area contributed by atoms with Crippen LogP contribution < -0.4 is 0 Å². The van der Waals surface area contributed by atoms with E-state index in [1.54, 1.807) is 0 Å². The fourth-order valence-corrected chi connectivity index (χ4v) is 11.1. The molecule has 0 spiro atoms. The standard InChI is InChI=1S/C70H52N4/c1-3-17-47(4-2)52-18-13-19-53(42-52)48-34-38-50(39-35-48)64-46-65(51-40-36-49(37-41-51)55-21-15-24-58(44-55)73-66-30-9-5-26-60(66)61-27-6-10-31-67(61)73)72-70(71-64)57-23-14-20-54(43-57)56-22-16-25-59(45-56)74-68-32-11-7-28-62(68)63-29-8-12-33-69(63)74/h3-9,11-30,32-46H,10,31H2,1-2H3/b17-3-,47-4+. The second kappa shape index (κ2) is 19.0. The van der Waals surface area contributed by atoms with Crippen molar-refractivity contribution in [2.75, 3.05) is 0 Å². The van der Waals surface area contributed by atoms with Crippen molar-refractivity contribution in [3.05, 3.63) is 266 Å². The van der Waals surface area contributed by atoms with Crippen molar-refractivity contribution in [1.82, 2.24) is 19.1 Å². The van der Waals surface area contributed by atoms with Gasteiger partial charge in [0.05, 0.1) is 27.9 Å². The van der Waals surface area contributed by atoms with Gasteiger partial charge in [-0.15, -0.1) is 0 Å². The van der Waals surface area contributed by atoms with Gasteiger partial charge in [-0.3, -0.25) is 0 Å². The van der Waals surface area contributed by atoms with E-state index in [1.807, 2.05) is 0 Å². The molecule has 1 aliphatic rings. The number of hydrogen-bond donors (Lipinski definition) is 0. The minimum atomic E-state index is 0.673. The zero-order valence-electron chi connectivity index (χ0n) is 41.5. The van der Waals surface area contributed by atoms with E-state index in [4.69, 9.17) is 9.97 Å². The first-order valence-corrected chi connectivity index (χ1v) is 25.7. The van der Waals surface area contributed by atoms with Gasteiger partial charge in [0, 0.05) is 55.5 Å². The topological polar surface area (TPSA) is 35.6 Å². The van der Waals surface area contributed by atoms with E-state index in [0.717, 1.165) is 68.9 Å². The van der Waals surface area contributed by atoms with Gasteiger partial charge in [-0.25, -0.2) is 9.97 Å². The van der Waals surface area contributed by atoms with Crippen molar-refractivity contribution in [3.8, 4) is 78.7 Å². The molecule has 0 atom stereocenters. The number of aromatic nitrogens is 4. The number of hydrogen-bond acceptors (Lipinski definition) is 2. The van der Waals surface area contributed by atoms with Gasteiger partial charge in [-0.1, -0.05) is 194 Å². The summed E-state index contributed by atoms with van der Waals surface area (Å²) in [4.78, 5) is 10.7. The maximum atomic E-state index is 5.36. The molecule has 0 aliphatic heterocycles.